The molecule has 3 rings (SSSR count). The Balaban J connectivity index is 1.89. The lowest BCUT2D eigenvalue weighted by Gasteiger charge is -2.09. The molecule has 2 amide bonds. The Bertz CT molecular complexity index is 1150. The zero-order chi connectivity index (χ0) is 19.8. The molecular formula is C14H14ClN7O4S. The highest BCUT2D eigenvalue weighted by atomic mass is 35.5. The van der Waals surface area contributed by atoms with E-state index in [4.69, 9.17) is 16.3 Å². The van der Waals surface area contributed by atoms with E-state index in [0.717, 1.165) is 4.52 Å². The number of carbonyl (C=O) groups excluding carboxylic acids is 1. The number of imidazole rings is 1. The van der Waals surface area contributed by atoms with Crippen molar-refractivity contribution in [3.8, 4) is 5.88 Å². The number of nitrogens with one attached hydrogen (secondary N) is 2. The smallest absolute Gasteiger partial charge is 0.335 e. The van der Waals surface area contributed by atoms with Crippen LogP contribution in [0.4, 0.5) is 10.7 Å². The Kier molecular flexibility index (Phi) is 4.85. The minimum atomic E-state index is -4.38. The number of amides is 2. The zero-order valence-electron chi connectivity index (χ0n) is 14.4. The molecule has 0 atom stereocenters. The molecule has 0 spiro atoms. The fourth-order valence-corrected chi connectivity index (χ4v) is 3.69. The van der Waals surface area contributed by atoms with E-state index in [1.807, 2.05) is 4.72 Å². The molecule has 2 N–H and O–H groups in total. The molecule has 27 heavy (non-hydrogen) atoms. The van der Waals surface area contributed by atoms with Gasteiger partial charge in [0.15, 0.2) is 10.8 Å². The van der Waals surface area contributed by atoms with Crippen molar-refractivity contribution >= 4 is 39.3 Å². The highest BCUT2D eigenvalue weighted by Gasteiger charge is 2.27. The second-order valence-corrected chi connectivity index (χ2v) is 7.34. The second-order valence-electron chi connectivity index (χ2n) is 5.39. The number of aromatic nitrogens is 5. The predicted octanol–water partition coefficient (Wildman–Crippen LogP) is 1.31. The van der Waals surface area contributed by atoms with Crippen molar-refractivity contribution in [1.29, 1.82) is 0 Å². The summed E-state index contributed by atoms with van der Waals surface area (Å²) in [6, 6.07) is 3.67. The highest BCUT2D eigenvalue weighted by Crippen LogP contribution is 2.22. The van der Waals surface area contributed by atoms with E-state index in [1.54, 1.807) is 32.0 Å². The minimum Gasteiger partial charge on any atom is -0.481 e. The van der Waals surface area contributed by atoms with Crippen LogP contribution in [-0.4, -0.2) is 46.1 Å². The summed E-state index contributed by atoms with van der Waals surface area (Å²) < 4.78 is 33.1. The number of ether oxygens (including phenoxy) is 1. The lowest BCUT2D eigenvalue weighted by Crippen LogP contribution is -2.35. The average Bonchev–Trinajstić information content (AvgIpc) is 2.89. The number of fused-ring (bicyclic) bond motifs is 1. The van der Waals surface area contributed by atoms with Crippen molar-refractivity contribution in [3.63, 3.8) is 0 Å². The zero-order valence-corrected chi connectivity index (χ0v) is 16.0. The normalized spacial score (nSPS) is 11.4. The van der Waals surface area contributed by atoms with E-state index in [2.05, 4.69) is 25.4 Å². The maximum absolute atomic E-state index is 12.6. The van der Waals surface area contributed by atoms with Crippen LogP contribution >= 0.6 is 11.6 Å². The van der Waals surface area contributed by atoms with Gasteiger partial charge >= 0.3 is 6.03 Å². The van der Waals surface area contributed by atoms with Crippen LogP contribution in [0.2, 0.25) is 5.15 Å². The van der Waals surface area contributed by atoms with Gasteiger partial charge in [-0.05, 0) is 26.0 Å². The topological polar surface area (TPSA) is 140 Å². The third-order valence-electron chi connectivity index (χ3n) is 3.28. The molecule has 0 fully saturated rings. The van der Waals surface area contributed by atoms with E-state index < -0.39 is 21.1 Å². The first-order chi connectivity index (χ1) is 12.7. The van der Waals surface area contributed by atoms with Gasteiger partial charge in [0.05, 0.1) is 12.8 Å². The van der Waals surface area contributed by atoms with Crippen molar-refractivity contribution in [3.05, 3.63) is 34.7 Å². The van der Waals surface area contributed by atoms with E-state index in [1.165, 1.54) is 7.11 Å². The maximum atomic E-state index is 12.6. The standard InChI is InChI=1S/C14H14ClN7O4S/c1-7-4-5-9-17-11(15)12(22(9)20-7)27(24,25)21-14(23)19-13-16-8(2)6-10(18-13)26-3/h4-6H,1-3H3,(H2,16,18,19,21,23). The van der Waals surface area contributed by atoms with Crippen LogP contribution in [-0.2, 0) is 10.0 Å². The Morgan fingerprint density at radius 1 is 1.19 bits per heavy atom. The number of hydrogen-bond donors (Lipinski definition) is 2. The molecule has 0 aliphatic rings. The molecule has 0 aliphatic carbocycles. The van der Waals surface area contributed by atoms with Gasteiger partial charge in [-0.2, -0.15) is 23.0 Å². The monoisotopic (exact) mass is 411 g/mol. The first-order valence-corrected chi connectivity index (χ1v) is 9.31. The summed E-state index contributed by atoms with van der Waals surface area (Å²) in [6.45, 7) is 3.34. The van der Waals surface area contributed by atoms with Crippen LogP contribution < -0.4 is 14.8 Å². The van der Waals surface area contributed by atoms with Crippen LogP contribution in [0.15, 0.2) is 23.2 Å². The summed E-state index contributed by atoms with van der Waals surface area (Å²) in [4.78, 5) is 23.9. The molecule has 0 saturated carbocycles. The third kappa shape index (κ3) is 3.90. The number of halogens is 1. The number of anilines is 1. The van der Waals surface area contributed by atoms with E-state index >= 15 is 0 Å². The minimum absolute atomic E-state index is 0.127. The number of nitrogens with zero attached hydrogens (tertiary/aromatic N) is 5. The van der Waals surface area contributed by atoms with Gasteiger partial charge in [-0.3, -0.25) is 5.32 Å². The molecule has 3 heterocycles. The first-order valence-electron chi connectivity index (χ1n) is 7.45. The number of methoxy groups -OCH3 is 1. The summed E-state index contributed by atoms with van der Waals surface area (Å²) in [5.41, 5.74) is 1.28. The van der Waals surface area contributed by atoms with Crippen LogP contribution in [0.1, 0.15) is 11.4 Å². The molecule has 0 bridgehead atoms. The van der Waals surface area contributed by atoms with Gasteiger partial charge in [-0.15, -0.1) is 0 Å². The number of urea groups is 1. The highest BCUT2D eigenvalue weighted by molar-refractivity contribution is 7.90. The maximum Gasteiger partial charge on any atom is 0.335 e. The van der Waals surface area contributed by atoms with Gasteiger partial charge in [0, 0.05) is 11.8 Å². The SMILES string of the molecule is COc1cc(C)nc(NC(=O)NS(=O)(=O)c2c(Cl)nc3ccc(C)nn23)n1. The van der Waals surface area contributed by atoms with Crippen LogP contribution in [0.25, 0.3) is 5.65 Å². The molecule has 3 aromatic heterocycles. The summed E-state index contributed by atoms with van der Waals surface area (Å²) in [5, 5.41) is 5.52. The Morgan fingerprint density at radius 2 is 1.93 bits per heavy atom. The molecule has 0 aromatic carbocycles. The van der Waals surface area contributed by atoms with Gasteiger partial charge < -0.3 is 4.74 Å². The molecule has 0 unspecified atom stereocenters. The Labute approximate surface area is 158 Å². The third-order valence-corrected chi connectivity index (χ3v) is 4.98. The fraction of sp³-hybridized carbons (Fsp3) is 0.214. The number of hydrogen-bond acceptors (Lipinski definition) is 8. The van der Waals surface area contributed by atoms with Gasteiger partial charge in [0.2, 0.25) is 16.9 Å². The number of rotatable bonds is 4. The van der Waals surface area contributed by atoms with Crippen molar-refractivity contribution in [2.75, 3.05) is 12.4 Å². The summed E-state index contributed by atoms with van der Waals surface area (Å²) in [7, 11) is -2.98. The molecule has 11 nitrogen and oxygen atoms in total. The molecule has 13 heteroatoms. The van der Waals surface area contributed by atoms with Crippen LogP contribution in [0, 0.1) is 13.8 Å². The van der Waals surface area contributed by atoms with Crippen molar-refractivity contribution in [2.45, 2.75) is 18.9 Å². The lowest BCUT2D eigenvalue weighted by molar-refractivity contribution is 0.256. The summed E-state index contributed by atoms with van der Waals surface area (Å²) in [5.74, 6) is 0.0860. The van der Waals surface area contributed by atoms with E-state index in [0.29, 0.717) is 11.4 Å². The quantitative estimate of drug-likeness (QED) is 0.654. The summed E-state index contributed by atoms with van der Waals surface area (Å²) in [6.07, 6.45) is 0. The number of aryl methyl sites for hydroxylation is 2. The molecular weight excluding hydrogens is 398 g/mol. The van der Waals surface area contributed by atoms with E-state index in [9.17, 15) is 13.2 Å². The fourth-order valence-electron chi connectivity index (χ4n) is 2.20. The van der Waals surface area contributed by atoms with Gasteiger partial charge in [-0.1, -0.05) is 11.6 Å². The van der Waals surface area contributed by atoms with Gasteiger partial charge in [0.1, 0.15) is 0 Å². The lowest BCUT2D eigenvalue weighted by atomic mass is 10.4. The molecule has 3 aromatic rings. The van der Waals surface area contributed by atoms with Crippen LogP contribution in [0.5, 0.6) is 5.88 Å². The Hall–Kier alpha value is -2.99. The summed E-state index contributed by atoms with van der Waals surface area (Å²) >= 11 is 5.94. The molecule has 0 saturated heterocycles. The Morgan fingerprint density at radius 3 is 2.63 bits per heavy atom. The van der Waals surface area contributed by atoms with Gasteiger partial charge in [0.25, 0.3) is 10.0 Å². The van der Waals surface area contributed by atoms with E-state index in [-0.39, 0.29) is 22.6 Å². The average molecular weight is 412 g/mol. The van der Waals surface area contributed by atoms with Crippen molar-refractivity contribution in [2.24, 2.45) is 0 Å². The van der Waals surface area contributed by atoms with Gasteiger partial charge in [-0.25, -0.2) is 19.5 Å². The predicted molar refractivity (Wildman–Crippen MR) is 95.4 cm³/mol. The molecule has 0 radical (unpaired) electrons. The molecule has 142 valence electrons. The van der Waals surface area contributed by atoms with Crippen LogP contribution in [0.3, 0.4) is 0 Å². The van der Waals surface area contributed by atoms with Crippen molar-refractivity contribution in [1.82, 2.24) is 29.3 Å². The second kappa shape index (κ2) is 6.96. The number of carbonyl (C=O) groups is 1. The van der Waals surface area contributed by atoms with Crippen molar-refractivity contribution < 1.29 is 17.9 Å². The largest absolute Gasteiger partial charge is 0.481 e. The molecule has 0 aliphatic heterocycles. The number of sulfonamides is 1. The first kappa shape index (κ1) is 18.8.